The normalized spacial score (nSPS) is 12.3. The first-order chi connectivity index (χ1) is 9.60. The van der Waals surface area contributed by atoms with Crippen molar-refractivity contribution in [1.29, 1.82) is 0 Å². The molecular weight excluding hydrogens is 270 g/mol. The zero-order valence-electron chi connectivity index (χ0n) is 11.9. The molecule has 0 aliphatic heterocycles. The average Bonchev–Trinajstić information content (AvgIpc) is 2.43. The Kier molecular flexibility index (Phi) is 4.98. The van der Waals surface area contributed by atoms with Crippen molar-refractivity contribution >= 4 is 11.8 Å². The molecule has 0 aliphatic rings. The minimum atomic E-state index is -0.116. The van der Waals surface area contributed by atoms with Crippen LogP contribution in [0.5, 0.6) is 0 Å². The van der Waals surface area contributed by atoms with Crippen LogP contribution in [0, 0.1) is 13.8 Å². The van der Waals surface area contributed by atoms with Gasteiger partial charge in [0, 0.05) is 24.1 Å². The van der Waals surface area contributed by atoms with Crippen LogP contribution in [-0.2, 0) is 0 Å². The van der Waals surface area contributed by atoms with Crippen molar-refractivity contribution in [2.75, 3.05) is 12.8 Å². The van der Waals surface area contributed by atoms with E-state index in [0.717, 1.165) is 5.75 Å². The highest BCUT2D eigenvalue weighted by molar-refractivity contribution is 7.99. The minimum Gasteiger partial charge on any atom is -0.312 e. The fourth-order valence-corrected chi connectivity index (χ4v) is 3.03. The van der Waals surface area contributed by atoms with Crippen LogP contribution < -0.4 is 10.9 Å². The van der Waals surface area contributed by atoms with E-state index in [0.29, 0.717) is 5.16 Å². The molecule has 2 N–H and O–H groups in total. The van der Waals surface area contributed by atoms with Crippen molar-refractivity contribution in [2.24, 2.45) is 0 Å². The molecule has 0 saturated carbocycles. The Morgan fingerprint density at radius 2 is 2.15 bits per heavy atom. The van der Waals surface area contributed by atoms with E-state index < -0.39 is 0 Å². The number of thioether (sulfide) groups is 1. The number of benzene rings is 1. The van der Waals surface area contributed by atoms with Gasteiger partial charge in [-0.1, -0.05) is 35.5 Å². The lowest BCUT2D eigenvalue weighted by molar-refractivity contribution is 0.656. The van der Waals surface area contributed by atoms with Crippen LogP contribution in [0.3, 0.4) is 0 Å². The first-order valence-electron chi connectivity index (χ1n) is 6.52. The molecule has 0 spiro atoms. The SMILES string of the molecule is CNC(CSc1nccc(=O)[nH]1)c1cc(C)ccc1C. The number of aromatic nitrogens is 2. The number of aromatic amines is 1. The van der Waals surface area contributed by atoms with Gasteiger partial charge in [0.05, 0.1) is 0 Å². The van der Waals surface area contributed by atoms with Crippen molar-refractivity contribution in [2.45, 2.75) is 25.0 Å². The van der Waals surface area contributed by atoms with Crippen LogP contribution in [0.2, 0.25) is 0 Å². The molecule has 20 heavy (non-hydrogen) atoms. The van der Waals surface area contributed by atoms with Crippen molar-refractivity contribution in [3.63, 3.8) is 0 Å². The van der Waals surface area contributed by atoms with Gasteiger partial charge in [-0.2, -0.15) is 0 Å². The van der Waals surface area contributed by atoms with E-state index in [1.807, 2.05) is 7.05 Å². The lowest BCUT2D eigenvalue weighted by Crippen LogP contribution is -2.20. The quantitative estimate of drug-likeness (QED) is 0.656. The molecule has 106 valence electrons. The Morgan fingerprint density at radius 3 is 2.85 bits per heavy atom. The highest BCUT2D eigenvalue weighted by atomic mass is 32.2. The highest BCUT2D eigenvalue weighted by Gasteiger charge is 2.13. The maximum absolute atomic E-state index is 11.2. The van der Waals surface area contributed by atoms with Crippen molar-refractivity contribution in [3.05, 3.63) is 57.5 Å². The lowest BCUT2D eigenvalue weighted by Gasteiger charge is -2.18. The molecule has 0 bridgehead atoms. The minimum absolute atomic E-state index is 0.116. The molecule has 1 heterocycles. The first-order valence-corrected chi connectivity index (χ1v) is 7.51. The van der Waals surface area contributed by atoms with Gasteiger partial charge in [-0.3, -0.25) is 4.79 Å². The van der Waals surface area contributed by atoms with Gasteiger partial charge >= 0.3 is 0 Å². The number of nitrogens with one attached hydrogen (secondary N) is 2. The van der Waals surface area contributed by atoms with Crippen molar-refractivity contribution < 1.29 is 0 Å². The van der Waals surface area contributed by atoms with Gasteiger partial charge in [-0.25, -0.2) is 4.98 Å². The van der Waals surface area contributed by atoms with Crippen LogP contribution in [0.25, 0.3) is 0 Å². The average molecular weight is 289 g/mol. The van der Waals surface area contributed by atoms with Crippen LogP contribution in [0.4, 0.5) is 0 Å². The maximum Gasteiger partial charge on any atom is 0.251 e. The van der Waals surface area contributed by atoms with E-state index in [1.165, 1.54) is 29.0 Å². The van der Waals surface area contributed by atoms with Gasteiger partial charge < -0.3 is 10.3 Å². The highest BCUT2D eigenvalue weighted by Crippen LogP contribution is 2.24. The zero-order chi connectivity index (χ0) is 14.5. The van der Waals surface area contributed by atoms with Gasteiger partial charge in [-0.15, -0.1) is 0 Å². The molecular formula is C15H19N3OS. The van der Waals surface area contributed by atoms with Crippen LogP contribution in [-0.4, -0.2) is 22.8 Å². The van der Waals surface area contributed by atoms with Crippen LogP contribution in [0.1, 0.15) is 22.7 Å². The third-order valence-electron chi connectivity index (χ3n) is 3.19. The monoisotopic (exact) mass is 289 g/mol. The molecule has 2 aromatic rings. The second kappa shape index (κ2) is 6.72. The number of H-pyrrole nitrogens is 1. The van der Waals surface area contributed by atoms with Gasteiger partial charge in [0.1, 0.15) is 0 Å². The molecule has 0 saturated heterocycles. The van der Waals surface area contributed by atoms with Gasteiger partial charge in [-0.05, 0) is 32.0 Å². The fraction of sp³-hybridized carbons (Fsp3) is 0.333. The Labute approximate surface area is 123 Å². The summed E-state index contributed by atoms with van der Waals surface area (Å²) in [5, 5.41) is 3.99. The van der Waals surface area contributed by atoms with Gasteiger partial charge in [0.2, 0.25) is 0 Å². The Balaban J connectivity index is 2.13. The zero-order valence-corrected chi connectivity index (χ0v) is 12.8. The first kappa shape index (κ1) is 14.8. The second-order valence-corrected chi connectivity index (χ2v) is 5.76. The largest absolute Gasteiger partial charge is 0.312 e. The van der Waals surface area contributed by atoms with Crippen molar-refractivity contribution in [3.8, 4) is 0 Å². The Morgan fingerprint density at radius 1 is 1.35 bits per heavy atom. The van der Waals surface area contributed by atoms with Gasteiger partial charge in [0.15, 0.2) is 5.16 Å². The lowest BCUT2D eigenvalue weighted by atomic mass is 10.0. The van der Waals surface area contributed by atoms with E-state index in [-0.39, 0.29) is 11.6 Å². The van der Waals surface area contributed by atoms with E-state index >= 15 is 0 Å². The summed E-state index contributed by atoms with van der Waals surface area (Å²) in [6, 6.07) is 8.12. The molecule has 0 amide bonds. The van der Waals surface area contributed by atoms with Crippen molar-refractivity contribution in [1.82, 2.24) is 15.3 Å². The second-order valence-electron chi connectivity index (χ2n) is 4.75. The Bertz CT molecular complexity index is 639. The number of hydrogen-bond donors (Lipinski definition) is 2. The molecule has 4 nitrogen and oxygen atoms in total. The summed E-state index contributed by atoms with van der Waals surface area (Å²) in [5.74, 6) is 0.813. The smallest absolute Gasteiger partial charge is 0.251 e. The molecule has 1 aromatic heterocycles. The molecule has 0 fully saturated rings. The molecule has 0 aliphatic carbocycles. The van der Waals surface area contributed by atoms with Gasteiger partial charge in [0.25, 0.3) is 5.56 Å². The van der Waals surface area contributed by atoms with E-state index in [2.05, 4.69) is 47.3 Å². The summed E-state index contributed by atoms with van der Waals surface area (Å²) in [7, 11) is 1.95. The topological polar surface area (TPSA) is 57.8 Å². The number of rotatable bonds is 5. The molecule has 2 rings (SSSR count). The summed E-state index contributed by atoms with van der Waals surface area (Å²) >= 11 is 1.55. The van der Waals surface area contributed by atoms with E-state index in [1.54, 1.807) is 11.8 Å². The molecule has 1 atom stereocenters. The van der Waals surface area contributed by atoms with E-state index in [9.17, 15) is 4.79 Å². The third-order valence-corrected chi connectivity index (χ3v) is 4.17. The standard InChI is InChI=1S/C15H19N3OS/c1-10-4-5-11(2)12(8-10)13(16-3)9-20-15-17-7-6-14(19)18-15/h4-8,13,16H,9H2,1-3H3,(H,17,18,19). The fourth-order valence-electron chi connectivity index (χ4n) is 2.05. The number of aryl methyl sites for hydroxylation is 2. The Hall–Kier alpha value is -1.59. The summed E-state index contributed by atoms with van der Waals surface area (Å²) in [6.07, 6.45) is 1.54. The summed E-state index contributed by atoms with van der Waals surface area (Å²) < 4.78 is 0. The predicted octanol–water partition coefficient (Wildman–Crippen LogP) is 2.44. The van der Waals surface area contributed by atoms with E-state index in [4.69, 9.17) is 0 Å². The maximum atomic E-state index is 11.2. The molecule has 0 radical (unpaired) electrons. The number of nitrogens with zero attached hydrogens (tertiary/aromatic N) is 1. The summed E-state index contributed by atoms with van der Waals surface area (Å²) in [5.41, 5.74) is 3.70. The number of hydrogen-bond acceptors (Lipinski definition) is 4. The molecule has 1 aromatic carbocycles. The summed E-state index contributed by atoms with van der Waals surface area (Å²) in [4.78, 5) is 18.1. The predicted molar refractivity (Wildman–Crippen MR) is 83.3 cm³/mol. The third kappa shape index (κ3) is 3.71. The molecule has 5 heteroatoms. The summed E-state index contributed by atoms with van der Waals surface area (Å²) in [6.45, 7) is 4.21. The van der Waals surface area contributed by atoms with Crippen LogP contribution >= 0.6 is 11.8 Å². The van der Waals surface area contributed by atoms with Crippen LogP contribution in [0.15, 0.2) is 40.4 Å². The molecule has 1 unspecified atom stereocenters.